The zero-order chi connectivity index (χ0) is 2.71. The lowest BCUT2D eigenvalue weighted by atomic mass is 15.9. The van der Waals surface area contributed by atoms with Crippen molar-refractivity contribution in [1.29, 1.82) is 0 Å². The van der Waals surface area contributed by atoms with Crippen LogP contribution in [-0.4, -0.2) is 25.8 Å². The van der Waals surface area contributed by atoms with Crippen LogP contribution in [-0.2, 0) is 11.6 Å². The summed E-state index contributed by atoms with van der Waals surface area (Å²) in [5.41, 5.74) is 0. The van der Waals surface area contributed by atoms with Crippen molar-refractivity contribution in [3.8, 4) is 0 Å². The smallest absolute Gasteiger partial charge is 0.168 e. The fraction of sp³-hybridized carbons (Fsp3) is 0. The molecule has 4 heavy (non-hydrogen) atoms. The van der Waals surface area contributed by atoms with Crippen molar-refractivity contribution in [2.24, 2.45) is 0 Å². The molecule has 0 aromatic carbocycles. The summed E-state index contributed by atoms with van der Waals surface area (Å²) in [5, 5.41) is 0. The molecule has 0 amide bonds. The van der Waals surface area contributed by atoms with E-state index in [1.54, 1.807) is 0 Å². The van der Waals surface area contributed by atoms with Gasteiger partial charge in [0.25, 0.3) is 0 Å². The van der Waals surface area contributed by atoms with Gasteiger partial charge in [0.05, 0.1) is 0 Å². The van der Waals surface area contributed by atoms with Gasteiger partial charge in [0.2, 0.25) is 0 Å². The predicted octanol–water partition coefficient (Wildman–Crippen LogP) is -1.85. The third-order valence-electron chi connectivity index (χ3n) is 0. The highest BCUT2D eigenvalue weighted by molar-refractivity contribution is 7.51. The summed E-state index contributed by atoms with van der Waals surface area (Å²) in [4.78, 5) is 0. The van der Waals surface area contributed by atoms with E-state index in [1.165, 1.54) is 0 Å². The van der Waals surface area contributed by atoms with E-state index in [0.29, 0.717) is 0 Å². The molecule has 4 heteroatoms. The fourth-order valence-corrected chi connectivity index (χ4v) is 0. The molecule has 0 N–H and O–H groups in total. The fourth-order valence-electron chi connectivity index (χ4n) is 0. The highest BCUT2D eigenvalue weighted by Crippen LogP contribution is 0.846. The summed E-state index contributed by atoms with van der Waals surface area (Å²) in [7, 11) is 0. The van der Waals surface area contributed by atoms with E-state index < -0.39 is 11.6 Å². The standard InChI is InChI=1S/Al.O2S.3H/c;1-3-2;;;. The molecule has 0 aromatic rings. The van der Waals surface area contributed by atoms with Crippen LogP contribution in [0.3, 0.4) is 0 Å². The highest BCUT2D eigenvalue weighted by Gasteiger charge is 1.12. The number of hydrogen-bond acceptors (Lipinski definition) is 2. The van der Waals surface area contributed by atoms with Gasteiger partial charge >= 0.3 is 11.6 Å². The first-order valence-corrected chi connectivity index (χ1v) is 1.00. The lowest BCUT2D eigenvalue weighted by Gasteiger charge is -0.947. The first-order chi connectivity index (χ1) is 1.41. The number of hydrogen-bond donors (Lipinski definition) is 0. The summed E-state index contributed by atoms with van der Waals surface area (Å²) >= 11 is -0.750. The average molecular weight is 94.1 g/mol. The molecule has 0 spiro atoms. The largest absolute Gasteiger partial charge is 0.335 e. The minimum atomic E-state index is -0.750. The molecule has 24 valence electrons. The molecule has 0 aliphatic rings. The summed E-state index contributed by atoms with van der Waals surface area (Å²) in [6.45, 7) is 0. The van der Waals surface area contributed by atoms with Crippen molar-refractivity contribution in [3.63, 3.8) is 0 Å². The van der Waals surface area contributed by atoms with E-state index in [4.69, 9.17) is 8.42 Å². The van der Waals surface area contributed by atoms with Gasteiger partial charge in [-0.25, -0.2) is 0 Å². The maximum Gasteiger partial charge on any atom is 0.335 e. The molecule has 0 aliphatic heterocycles. The highest BCUT2D eigenvalue weighted by atomic mass is 32.1. The van der Waals surface area contributed by atoms with Crippen LogP contribution in [0.1, 0.15) is 0 Å². The summed E-state index contributed by atoms with van der Waals surface area (Å²) in [5.74, 6) is 0. The van der Waals surface area contributed by atoms with Crippen molar-refractivity contribution < 1.29 is 8.42 Å². The Hall–Kier alpha value is 0.352. The average Bonchev–Trinajstić information content (AvgIpc) is 0.918. The molecule has 0 saturated heterocycles. The van der Waals surface area contributed by atoms with Crippen LogP contribution in [0.4, 0.5) is 0 Å². The monoisotopic (exact) mass is 94.0 g/mol. The first-order valence-electron chi connectivity index (χ1n) is 0.333. The van der Waals surface area contributed by atoms with E-state index in [1.807, 2.05) is 0 Å². The van der Waals surface area contributed by atoms with Crippen molar-refractivity contribution in [1.82, 2.24) is 0 Å². The summed E-state index contributed by atoms with van der Waals surface area (Å²) in [6.07, 6.45) is 0. The van der Waals surface area contributed by atoms with Gasteiger partial charge in [0.1, 0.15) is 0 Å². The third-order valence-corrected chi connectivity index (χ3v) is 0. The Morgan fingerprint density at radius 2 is 1.25 bits per heavy atom. The normalized spacial score (nSPS) is 3.00. The number of rotatable bonds is 0. The van der Waals surface area contributed by atoms with E-state index in [-0.39, 0.29) is 17.4 Å². The van der Waals surface area contributed by atoms with Crippen LogP contribution in [0.25, 0.3) is 0 Å². The molecule has 0 saturated carbocycles. The zero-order valence-electron chi connectivity index (χ0n) is 1.22. The molecule has 0 unspecified atom stereocenters. The molecular formula is H3AlO2S. The van der Waals surface area contributed by atoms with Gasteiger partial charge in [-0.15, -0.1) is 0 Å². The Kier molecular flexibility index (Phi) is 22.4. The van der Waals surface area contributed by atoms with Gasteiger partial charge in [0, 0.05) is 0 Å². The molecule has 0 fully saturated rings. The summed E-state index contributed by atoms with van der Waals surface area (Å²) in [6, 6.07) is 0. The van der Waals surface area contributed by atoms with Gasteiger partial charge in [-0.2, -0.15) is 8.42 Å². The second kappa shape index (κ2) is 10.1. The van der Waals surface area contributed by atoms with Crippen LogP contribution in [0.2, 0.25) is 0 Å². The second-order valence-corrected chi connectivity index (χ2v) is 0.204. The first kappa shape index (κ1) is 8.84. The van der Waals surface area contributed by atoms with Gasteiger partial charge in [-0.1, -0.05) is 0 Å². The predicted molar refractivity (Wildman–Crippen MR) is 18.9 cm³/mol. The second-order valence-electron chi connectivity index (χ2n) is 0.0680. The zero-order valence-corrected chi connectivity index (χ0v) is 2.04. The van der Waals surface area contributed by atoms with E-state index in [9.17, 15) is 0 Å². The minimum absolute atomic E-state index is 0. The Labute approximate surface area is 37.9 Å². The molecule has 2 nitrogen and oxygen atoms in total. The summed E-state index contributed by atoms with van der Waals surface area (Å²) < 4.78 is 16.6. The molecule has 0 aliphatic carbocycles. The molecular weight excluding hydrogens is 91.0 g/mol. The minimum Gasteiger partial charge on any atom is -0.168 e. The van der Waals surface area contributed by atoms with Crippen molar-refractivity contribution >= 4 is 28.9 Å². The van der Waals surface area contributed by atoms with E-state index in [0.717, 1.165) is 0 Å². The Bertz CT molecular complexity index is 27.0. The quantitative estimate of drug-likeness (QED) is 0.330. The molecule has 0 rings (SSSR count). The Morgan fingerprint density at radius 1 is 1.25 bits per heavy atom. The van der Waals surface area contributed by atoms with Crippen LogP contribution < -0.4 is 0 Å². The van der Waals surface area contributed by atoms with Crippen LogP contribution in [0.15, 0.2) is 0 Å². The Morgan fingerprint density at radius 3 is 1.25 bits per heavy atom. The maximum absolute atomic E-state index is 8.29. The van der Waals surface area contributed by atoms with Crippen LogP contribution >= 0.6 is 0 Å². The SMILES string of the molecule is O=S=O.[AlH3]. The van der Waals surface area contributed by atoms with Crippen LogP contribution in [0, 0.1) is 0 Å². The van der Waals surface area contributed by atoms with Gasteiger partial charge in [-0.05, 0) is 0 Å². The third kappa shape index (κ3) is 34.6. The molecule has 0 heterocycles. The lowest BCUT2D eigenvalue weighted by molar-refractivity contribution is 0.630. The van der Waals surface area contributed by atoms with Crippen LogP contribution in [0.5, 0.6) is 0 Å². The molecule has 0 aromatic heterocycles. The van der Waals surface area contributed by atoms with Crippen molar-refractivity contribution in [2.75, 3.05) is 0 Å². The molecule has 0 atom stereocenters. The van der Waals surface area contributed by atoms with E-state index >= 15 is 0 Å². The maximum atomic E-state index is 8.29. The lowest BCUT2D eigenvalue weighted by Crippen LogP contribution is -1.18. The Balaban J connectivity index is 0. The molecule has 0 radical (unpaired) electrons. The van der Waals surface area contributed by atoms with Crippen molar-refractivity contribution in [2.45, 2.75) is 0 Å². The van der Waals surface area contributed by atoms with Gasteiger partial charge in [-0.3, -0.25) is 0 Å². The molecule has 0 bridgehead atoms. The van der Waals surface area contributed by atoms with Gasteiger partial charge in [0.15, 0.2) is 17.4 Å². The topological polar surface area (TPSA) is 34.1 Å². The van der Waals surface area contributed by atoms with Gasteiger partial charge < -0.3 is 0 Å². The van der Waals surface area contributed by atoms with E-state index in [2.05, 4.69) is 0 Å². The van der Waals surface area contributed by atoms with Crippen molar-refractivity contribution in [3.05, 3.63) is 0 Å².